The quantitative estimate of drug-likeness (QED) is 0.571. The number of nitrogens with one attached hydrogen (secondary N) is 1. The zero-order valence-corrected chi connectivity index (χ0v) is 16.9. The van der Waals surface area contributed by atoms with Crippen molar-refractivity contribution in [2.24, 2.45) is 0 Å². The first-order valence-corrected chi connectivity index (χ1v) is 11.2. The van der Waals surface area contributed by atoms with Crippen molar-refractivity contribution in [3.63, 3.8) is 0 Å². The number of hydrogen-bond acceptors (Lipinski definition) is 5. The van der Waals surface area contributed by atoms with Crippen LogP contribution in [-0.2, 0) is 14.0 Å². The minimum absolute atomic E-state index is 0.0725. The van der Waals surface area contributed by atoms with Crippen LogP contribution < -0.4 is 5.32 Å². The summed E-state index contributed by atoms with van der Waals surface area (Å²) in [6.07, 6.45) is 0.336. The van der Waals surface area contributed by atoms with Crippen LogP contribution in [0.25, 0.3) is 0 Å². The number of hydrogen-bond donors (Lipinski definition) is 2. The molecule has 0 bridgehead atoms. The molecule has 1 aromatic rings. The Labute approximate surface area is 150 Å². The molecule has 1 aromatic carbocycles. The first kappa shape index (κ1) is 21.2. The predicted octanol–water partition coefficient (Wildman–Crippen LogP) is 3.08. The fraction of sp³-hybridized carbons (Fsp3) is 0.556. The molecule has 1 atom stereocenters. The van der Waals surface area contributed by atoms with E-state index in [2.05, 4.69) is 39.2 Å². The Morgan fingerprint density at radius 1 is 1.20 bits per heavy atom. The molecule has 0 saturated carbocycles. The minimum Gasteiger partial charge on any atom is -0.508 e. The van der Waals surface area contributed by atoms with Gasteiger partial charge in [-0.1, -0.05) is 20.8 Å². The molecule has 0 unspecified atom stereocenters. The lowest BCUT2D eigenvalue weighted by Crippen LogP contribution is -2.45. The van der Waals surface area contributed by atoms with Crippen LogP contribution in [-0.4, -0.2) is 45.1 Å². The lowest BCUT2D eigenvalue weighted by molar-refractivity contribution is -0.143. The summed E-state index contributed by atoms with van der Waals surface area (Å²) in [6.45, 7) is 11.1. The molecule has 1 rings (SSSR count). The van der Waals surface area contributed by atoms with Gasteiger partial charge in [0.15, 0.2) is 8.32 Å². The third kappa shape index (κ3) is 6.17. The van der Waals surface area contributed by atoms with Gasteiger partial charge in [-0.3, -0.25) is 4.79 Å². The summed E-state index contributed by atoms with van der Waals surface area (Å²) < 4.78 is 10.8. The van der Waals surface area contributed by atoms with E-state index in [4.69, 9.17) is 9.16 Å². The van der Waals surface area contributed by atoms with Gasteiger partial charge in [0.25, 0.3) is 5.91 Å². The van der Waals surface area contributed by atoms with Gasteiger partial charge in [-0.25, -0.2) is 4.79 Å². The van der Waals surface area contributed by atoms with E-state index in [1.807, 2.05) is 0 Å². The molecule has 6 nitrogen and oxygen atoms in total. The Kier molecular flexibility index (Phi) is 7.19. The fourth-order valence-electron chi connectivity index (χ4n) is 1.89. The van der Waals surface area contributed by atoms with Crippen molar-refractivity contribution < 1.29 is 23.9 Å². The number of benzene rings is 1. The van der Waals surface area contributed by atoms with E-state index in [-0.39, 0.29) is 10.8 Å². The number of phenols is 1. The SMILES string of the molecule is COC(=O)[C@H](CCO[Si](C)(C)C(C)(C)C)NC(=O)c1ccc(O)cc1. The zero-order chi connectivity index (χ0) is 19.3. The van der Waals surface area contributed by atoms with Crippen molar-refractivity contribution in [2.75, 3.05) is 13.7 Å². The zero-order valence-electron chi connectivity index (χ0n) is 15.9. The van der Waals surface area contributed by atoms with Gasteiger partial charge in [-0.15, -0.1) is 0 Å². The smallest absolute Gasteiger partial charge is 0.328 e. The van der Waals surface area contributed by atoms with Gasteiger partial charge in [0.2, 0.25) is 0 Å². The summed E-state index contributed by atoms with van der Waals surface area (Å²) in [5, 5.41) is 12.0. The van der Waals surface area contributed by atoms with E-state index in [0.29, 0.717) is 18.6 Å². The lowest BCUT2D eigenvalue weighted by atomic mass is 10.1. The summed E-state index contributed by atoms with van der Waals surface area (Å²) >= 11 is 0. The van der Waals surface area contributed by atoms with Crippen LogP contribution in [0.3, 0.4) is 0 Å². The Balaban J connectivity index is 2.70. The Hall–Kier alpha value is -1.86. The number of carbonyl (C=O) groups is 2. The van der Waals surface area contributed by atoms with E-state index >= 15 is 0 Å². The van der Waals surface area contributed by atoms with E-state index in [1.165, 1.54) is 31.4 Å². The summed E-state index contributed by atoms with van der Waals surface area (Å²) in [5.41, 5.74) is 0.358. The highest BCUT2D eigenvalue weighted by molar-refractivity contribution is 6.74. The highest BCUT2D eigenvalue weighted by Crippen LogP contribution is 2.36. The van der Waals surface area contributed by atoms with Crippen LogP contribution in [0.4, 0.5) is 0 Å². The molecule has 0 aliphatic heterocycles. The number of ether oxygens (including phenoxy) is 1. The number of aromatic hydroxyl groups is 1. The van der Waals surface area contributed by atoms with Gasteiger partial charge in [0, 0.05) is 18.6 Å². The molecular formula is C18H29NO5Si. The van der Waals surface area contributed by atoms with Crippen LogP contribution in [0, 0.1) is 0 Å². The third-order valence-corrected chi connectivity index (χ3v) is 9.13. The minimum atomic E-state index is -1.92. The predicted molar refractivity (Wildman–Crippen MR) is 99.1 cm³/mol. The van der Waals surface area contributed by atoms with Crippen molar-refractivity contribution >= 4 is 20.2 Å². The molecule has 140 valence electrons. The average Bonchev–Trinajstić information content (AvgIpc) is 2.52. The Morgan fingerprint density at radius 2 is 1.76 bits per heavy atom. The summed E-state index contributed by atoms with van der Waals surface area (Å²) in [7, 11) is -0.631. The largest absolute Gasteiger partial charge is 0.508 e. The van der Waals surface area contributed by atoms with Gasteiger partial charge in [0.1, 0.15) is 11.8 Å². The fourth-order valence-corrected chi connectivity index (χ4v) is 2.96. The highest BCUT2D eigenvalue weighted by Gasteiger charge is 2.37. The second-order valence-electron chi connectivity index (χ2n) is 7.49. The number of esters is 1. The normalized spacial score (nSPS) is 13.2. The molecule has 7 heteroatoms. The van der Waals surface area contributed by atoms with Crippen molar-refractivity contribution in [1.82, 2.24) is 5.32 Å². The first-order chi connectivity index (χ1) is 11.5. The van der Waals surface area contributed by atoms with Crippen LogP contribution in [0.1, 0.15) is 37.6 Å². The maximum atomic E-state index is 12.3. The third-order valence-electron chi connectivity index (χ3n) is 4.60. The van der Waals surface area contributed by atoms with Gasteiger partial charge >= 0.3 is 5.97 Å². The number of carbonyl (C=O) groups excluding carboxylic acids is 2. The summed E-state index contributed by atoms with van der Waals surface area (Å²) in [5.74, 6) is -0.836. The molecule has 0 heterocycles. The average molecular weight is 368 g/mol. The number of phenolic OH excluding ortho intramolecular Hbond substituents is 1. The Morgan fingerprint density at radius 3 is 2.24 bits per heavy atom. The number of rotatable bonds is 7. The molecule has 0 aliphatic rings. The van der Waals surface area contributed by atoms with Crippen molar-refractivity contribution in [3.05, 3.63) is 29.8 Å². The monoisotopic (exact) mass is 367 g/mol. The highest BCUT2D eigenvalue weighted by atomic mass is 28.4. The number of amides is 1. The maximum Gasteiger partial charge on any atom is 0.328 e. The van der Waals surface area contributed by atoms with E-state index in [0.717, 1.165) is 0 Å². The van der Waals surface area contributed by atoms with Gasteiger partial charge < -0.3 is 19.6 Å². The molecule has 0 saturated heterocycles. The summed E-state index contributed by atoms with van der Waals surface area (Å²) in [4.78, 5) is 24.2. The molecule has 25 heavy (non-hydrogen) atoms. The number of methoxy groups -OCH3 is 1. The van der Waals surface area contributed by atoms with Gasteiger partial charge in [-0.05, 0) is 42.4 Å². The standard InChI is InChI=1S/C18H29NO5Si/c1-18(2,3)25(5,6)24-12-11-15(17(22)23-4)19-16(21)13-7-9-14(20)10-8-13/h7-10,15,20H,11-12H2,1-6H3,(H,19,21)/t15-/m0/s1. The Bertz CT molecular complexity index is 592. The van der Waals surface area contributed by atoms with E-state index in [9.17, 15) is 14.7 Å². The maximum absolute atomic E-state index is 12.3. The second kappa shape index (κ2) is 8.49. The van der Waals surface area contributed by atoms with Crippen LogP contribution in [0.2, 0.25) is 18.1 Å². The topological polar surface area (TPSA) is 84.9 Å². The second-order valence-corrected chi connectivity index (χ2v) is 12.3. The molecule has 0 spiro atoms. The van der Waals surface area contributed by atoms with Crippen LogP contribution in [0.5, 0.6) is 5.75 Å². The molecule has 0 aromatic heterocycles. The van der Waals surface area contributed by atoms with E-state index in [1.54, 1.807) is 0 Å². The van der Waals surface area contributed by atoms with Gasteiger partial charge in [0.05, 0.1) is 7.11 Å². The first-order valence-electron chi connectivity index (χ1n) is 8.29. The summed E-state index contributed by atoms with van der Waals surface area (Å²) in [6, 6.07) is 5.04. The van der Waals surface area contributed by atoms with Crippen molar-refractivity contribution in [2.45, 2.75) is 51.4 Å². The molecule has 0 fully saturated rings. The molecular weight excluding hydrogens is 338 g/mol. The van der Waals surface area contributed by atoms with Crippen LogP contribution in [0.15, 0.2) is 24.3 Å². The van der Waals surface area contributed by atoms with Crippen LogP contribution >= 0.6 is 0 Å². The van der Waals surface area contributed by atoms with Crippen molar-refractivity contribution in [3.8, 4) is 5.75 Å². The van der Waals surface area contributed by atoms with Crippen molar-refractivity contribution in [1.29, 1.82) is 0 Å². The molecule has 0 radical (unpaired) electrons. The molecule has 2 N–H and O–H groups in total. The van der Waals surface area contributed by atoms with Gasteiger partial charge in [-0.2, -0.15) is 0 Å². The van der Waals surface area contributed by atoms with E-state index < -0.39 is 26.2 Å². The molecule has 0 aliphatic carbocycles. The molecule has 1 amide bonds. The lowest BCUT2D eigenvalue weighted by Gasteiger charge is -2.36.